The molecule has 0 aliphatic rings. The zero-order chi connectivity index (χ0) is 28.3. The SMILES string of the molecule is C#Cc1cc(C(C)(C)C)cc(C(C)(C)C)c1.CC(C)(C)c1cc(C#C[Si](C)(C)C)cc(C(C)(C)C)c1. The monoisotopic (exact) mass is 500 g/mol. The van der Waals surface area contributed by atoms with Crippen molar-refractivity contribution in [3.63, 3.8) is 0 Å². The summed E-state index contributed by atoms with van der Waals surface area (Å²) in [5, 5.41) is 0. The van der Waals surface area contributed by atoms with Crippen LogP contribution in [0.1, 0.15) is 116 Å². The Morgan fingerprint density at radius 2 is 0.778 bits per heavy atom. The molecule has 2 aromatic carbocycles. The topological polar surface area (TPSA) is 0 Å². The number of benzene rings is 2. The molecule has 0 aliphatic carbocycles. The third kappa shape index (κ3) is 10.4. The van der Waals surface area contributed by atoms with Gasteiger partial charge in [-0.15, -0.1) is 12.0 Å². The van der Waals surface area contributed by atoms with Gasteiger partial charge in [0.25, 0.3) is 0 Å². The average Bonchev–Trinajstić information content (AvgIpc) is 2.69. The van der Waals surface area contributed by atoms with Crippen LogP contribution in [-0.2, 0) is 21.7 Å². The Hall–Kier alpha value is -2.22. The van der Waals surface area contributed by atoms with Gasteiger partial charge < -0.3 is 0 Å². The first-order valence-electron chi connectivity index (χ1n) is 13.3. The fourth-order valence-corrected chi connectivity index (χ4v) is 3.92. The van der Waals surface area contributed by atoms with Crippen molar-refractivity contribution in [3.05, 3.63) is 69.8 Å². The number of hydrogen-bond donors (Lipinski definition) is 0. The first-order valence-corrected chi connectivity index (χ1v) is 16.8. The second-order valence-electron chi connectivity index (χ2n) is 15.2. The summed E-state index contributed by atoms with van der Waals surface area (Å²) in [6.45, 7) is 33.8. The van der Waals surface area contributed by atoms with Crippen molar-refractivity contribution in [1.29, 1.82) is 0 Å². The fraction of sp³-hybridized carbons (Fsp3) is 0.543. The lowest BCUT2D eigenvalue weighted by molar-refractivity contribution is 0.567. The molecule has 0 radical (unpaired) electrons. The van der Waals surface area contributed by atoms with Gasteiger partial charge in [0, 0.05) is 11.1 Å². The van der Waals surface area contributed by atoms with Crippen LogP contribution >= 0.6 is 0 Å². The molecule has 1 heteroatoms. The lowest BCUT2D eigenvalue weighted by atomic mass is 9.79. The minimum atomic E-state index is -1.33. The molecular weight excluding hydrogens is 448 g/mol. The Kier molecular flexibility index (Phi) is 9.75. The maximum atomic E-state index is 5.52. The van der Waals surface area contributed by atoms with Crippen molar-refractivity contribution in [2.24, 2.45) is 0 Å². The summed E-state index contributed by atoms with van der Waals surface area (Å²) in [7, 11) is -1.33. The van der Waals surface area contributed by atoms with Crippen LogP contribution in [0.3, 0.4) is 0 Å². The summed E-state index contributed by atoms with van der Waals surface area (Å²) in [6, 6.07) is 13.4. The molecule has 196 valence electrons. The van der Waals surface area contributed by atoms with Crippen LogP contribution in [-0.4, -0.2) is 8.07 Å². The molecule has 0 fully saturated rings. The molecule has 2 rings (SSSR count). The van der Waals surface area contributed by atoms with E-state index in [2.05, 4.69) is 157 Å². The first kappa shape index (κ1) is 31.8. The molecule has 0 spiro atoms. The Labute approximate surface area is 225 Å². The highest BCUT2D eigenvalue weighted by Crippen LogP contribution is 2.31. The number of rotatable bonds is 0. The maximum Gasteiger partial charge on any atom is 0.129 e. The summed E-state index contributed by atoms with van der Waals surface area (Å²) in [4.78, 5) is 0. The molecular formula is C35H52Si. The van der Waals surface area contributed by atoms with E-state index in [9.17, 15) is 0 Å². The molecule has 36 heavy (non-hydrogen) atoms. The third-order valence-corrected chi connectivity index (χ3v) is 6.95. The molecule has 0 unspecified atom stereocenters. The zero-order valence-electron chi connectivity index (χ0n) is 26.0. The van der Waals surface area contributed by atoms with Gasteiger partial charge in [-0.1, -0.05) is 127 Å². The maximum absolute atomic E-state index is 5.52. The second kappa shape index (κ2) is 11.0. The van der Waals surface area contributed by atoms with Crippen molar-refractivity contribution < 1.29 is 0 Å². The minimum absolute atomic E-state index is 0.146. The Morgan fingerprint density at radius 1 is 0.500 bits per heavy atom. The second-order valence-corrected chi connectivity index (χ2v) is 20.0. The Morgan fingerprint density at radius 3 is 1.00 bits per heavy atom. The van der Waals surface area contributed by atoms with Gasteiger partial charge in [0.1, 0.15) is 8.07 Å². The predicted octanol–water partition coefficient (Wildman–Crippen LogP) is 9.77. The normalized spacial score (nSPS) is 12.6. The van der Waals surface area contributed by atoms with Crippen molar-refractivity contribution in [3.8, 4) is 23.8 Å². The van der Waals surface area contributed by atoms with E-state index in [4.69, 9.17) is 6.42 Å². The van der Waals surface area contributed by atoms with Crippen molar-refractivity contribution in [2.45, 2.75) is 124 Å². The lowest BCUT2D eigenvalue weighted by Crippen LogP contribution is -2.17. The van der Waals surface area contributed by atoms with E-state index >= 15 is 0 Å². The van der Waals surface area contributed by atoms with E-state index in [1.165, 1.54) is 27.8 Å². The van der Waals surface area contributed by atoms with Crippen molar-refractivity contribution in [2.75, 3.05) is 0 Å². The Balaban J connectivity index is 0.000000369. The molecule has 0 bridgehead atoms. The number of hydrogen-bond acceptors (Lipinski definition) is 0. The summed E-state index contributed by atoms with van der Waals surface area (Å²) in [5.41, 5.74) is 11.6. The molecule has 0 aromatic heterocycles. The van der Waals surface area contributed by atoms with Crippen LogP contribution in [0.25, 0.3) is 0 Å². The molecule has 0 atom stereocenters. The smallest absolute Gasteiger partial charge is 0.127 e. The molecule has 2 aromatic rings. The standard InChI is InChI=1S/C19H30Si.C16H22/c1-18(2,3)16-12-15(10-11-20(7,8)9)13-17(14-16)19(4,5)6;1-8-12-9-13(15(2,3)4)11-14(10-12)16(5,6)7/h12-14H,1-9H3;1,9-11H,2-7H3. The fourth-order valence-electron chi connectivity index (χ4n) is 3.40. The van der Waals surface area contributed by atoms with Gasteiger partial charge in [-0.25, -0.2) is 0 Å². The number of terminal acetylenes is 1. The van der Waals surface area contributed by atoms with E-state index in [1.807, 2.05) is 0 Å². The summed E-state index contributed by atoms with van der Waals surface area (Å²) in [5.74, 6) is 6.17. The molecule has 0 heterocycles. The largest absolute Gasteiger partial charge is 0.129 e. The molecule has 0 N–H and O–H groups in total. The third-order valence-electron chi connectivity index (χ3n) is 6.08. The highest BCUT2D eigenvalue weighted by molar-refractivity contribution is 6.83. The Bertz CT molecular complexity index is 1080. The molecule has 0 amide bonds. The zero-order valence-corrected chi connectivity index (χ0v) is 27.0. The quantitative estimate of drug-likeness (QED) is 0.249. The van der Waals surface area contributed by atoms with Gasteiger partial charge in [-0.3, -0.25) is 0 Å². The predicted molar refractivity (Wildman–Crippen MR) is 166 cm³/mol. The van der Waals surface area contributed by atoms with Gasteiger partial charge in [-0.2, -0.15) is 0 Å². The molecule has 0 saturated heterocycles. The summed E-state index contributed by atoms with van der Waals surface area (Å²) >= 11 is 0. The van der Waals surface area contributed by atoms with E-state index in [0.717, 1.165) is 5.56 Å². The average molecular weight is 501 g/mol. The molecule has 0 saturated carbocycles. The highest BCUT2D eigenvalue weighted by Gasteiger charge is 2.21. The summed E-state index contributed by atoms with van der Waals surface area (Å²) in [6.07, 6.45) is 5.52. The van der Waals surface area contributed by atoms with Crippen LogP contribution in [0.15, 0.2) is 36.4 Å². The van der Waals surface area contributed by atoms with E-state index < -0.39 is 8.07 Å². The van der Waals surface area contributed by atoms with Gasteiger partial charge in [0.05, 0.1) is 0 Å². The van der Waals surface area contributed by atoms with Gasteiger partial charge in [0.2, 0.25) is 0 Å². The van der Waals surface area contributed by atoms with Gasteiger partial charge >= 0.3 is 0 Å². The van der Waals surface area contributed by atoms with Gasteiger partial charge in [-0.05, 0) is 68.2 Å². The van der Waals surface area contributed by atoms with Crippen molar-refractivity contribution >= 4 is 8.07 Å². The van der Waals surface area contributed by atoms with Crippen LogP contribution in [0.2, 0.25) is 19.6 Å². The van der Waals surface area contributed by atoms with Crippen LogP contribution in [0, 0.1) is 23.8 Å². The lowest BCUT2D eigenvalue weighted by Gasteiger charge is -2.25. The van der Waals surface area contributed by atoms with Gasteiger partial charge in [0.15, 0.2) is 0 Å². The van der Waals surface area contributed by atoms with E-state index in [0.29, 0.717) is 0 Å². The first-order chi connectivity index (χ1) is 15.9. The minimum Gasteiger partial charge on any atom is -0.127 e. The van der Waals surface area contributed by atoms with E-state index in [-0.39, 0.29) is 21.7 Å². The highest BCUT2D eigenvalue weighted by atomic mass is 28.3. The molecule has 0 nitrogen and oxygen atoms in total. The van der Waals surface area contributed by atoms with Crippen LogP contribution in [0.5, 0.6) is 0 Å². The van der Waals surface area contributed by atoms with Crippen LogP contribution in [0.4, 0.5) is 0 Å². The van der Waals surface area contributed by atoms with Crippen molar-refractivity contribution in [1.82, 2.24) is 0 Å². The van der Waals surface area contributed by atoms with E-state index in [1.54, 1.807) is 0 Å². The van der Waals surface area contributed by atoms with Crippen LogP contribution < -0.4 is 0 Å². The molecule has 0 aliphatic heterocycles. The summed E-state index contributed by atoms with van der Waals surface area (Å²) < 4.78 is 0.